The molecule has 0 heterocycles. The molecule has 0 bridgehead atoms. The number of carbonyl (C=O) groups excluding carboxylic acids is 3. The molecule has 3 aliphatic carbocycles. The van der Waals surface area contributed by atoms with Crippen LogP contribution in [-0.2, 0) is 9.59 Å². The third kappa shape index (κ3) is 3.27. The average molecular weight is 505 g/mol. The number of aryl methyl sites for hydroxylation is 1. The van der Waals surface area contributed by atoms with Gasteiger partial charge in [-0.2, -0.15) is 0 Å². The number of nitrogens with zero attached hydrogens (tertiary/aromatic N) is 1. The summed E-state index contributed by atoms with van der Waals surface area (Å²) >= 11 is 0. The minimum Gasteiger partial charge on any atom is -0.510 e. The molecule has 0 spiro atoms. The summed E-state index contributed by atoms with van der Waals surface area (Å²) in [6.45, 7) is 1.94. The summed E-state index contributed by atoms with van der Waals surface area (Å²) in [7, 11) is 3.20. The number of phenolic OH excluding ortho intramolecular Hbond substituents is 1. The highest BCUT2D eigenvalue weighted by molar-refractivity contribution is 6.24. The molecular formula is C28H28N2O7. The van der Waals surface area contributed by atoms with Gasteiger partial charge in [-0.3, -0.25) is 19.3 Å². The maximum Gasteiger partial charge on any atom is 0.255 e. The number of amides is 1. The second kappa shape index (κ2) is 8.29. The summed E-state index contributed by atoms with van der Waals surface area (Å²) in [6.07, 6.45) is 0.0139. The van der Waals surface area contributed by atoms with Gasteiger partial charge in [0.15, 0.2) is 11.4 Å². The molecule has 0 unspecified atom stereocenters. The standard InChI is InChI=1S/C28H28N2O7/c1-12-7-9-13(10-8-12)18-14-5-4-6-17(31)19(14)23(32)20-15(18)11-16-22(30(2)3)24(33)21(27(29)36)26(35)28(16,37)25(20)34/h4-10,15-16,18,22,31,33-34,37H,11H2,1-3H3,(H2,29,36)/t15-,16+,18-,22+,28+/m1/s1. The van der Waals surface area contributed by atoms with Crippen molar-refractivity contribution in [1.29, 1.82) is 0 Å². The first-order valence-electron chi connectivity index (χ1n) is 11.9. The summed E-state index contributed by atoms with van der Waals surface area (Å²) in [5, 5.41) is 44.9. The predicted molar refractivity (Wildman–Crippen MR) is 133 cm³/mol. The van der Waals surface area contributed by atoms with Gasteiger partial charge in [0.25, 0.3) is 5.91 Å². The SMILES string of the molecule is Cc1ccc([C@@H]2c3cccc(O)c3C(=O)C3=C(O)[C@]4(O)C(=O)C(C(N)=O)=C(O)[C@@H](N(C)C)[C@@H]4C[C@@H]32)cc1. The number of aromatic hydroxyl groups is 1. The molecule has 1 amide bonds. The van der Waals surface area contributed by atoms with Gasteiger partial charge < -0.3 is 26.2 Å². The summed E-state index contributed by atoms with van der Waals surface area (Å²) < 4.78 is 0. The van der Waals surface area contributed by atoms with Gasteiger partial charge in [-0.1, -0.05) is 42.0 Å². The van der Waals surface area contributed by atoms with Gasteiger partial charge >= 0.3 is 0 Å². The van der Waals surface area contributed by atoms with E-state index in [1.165, 1.54) is 11.0 Å². The van der Waals surface area contributed by atoms with Gasteiger partial charge in [0.2, 0.25) is 5.78 Å². The van der Waals surface area contributed by atoms with Crippen LogP contribution in [0.5, 0.6) is 5.75 Å². The lowest BCUT2D eigenvalue weighted by Crippen LogP contribution is -2.64. The number of aliphatic hydroxyl groups excluding tert-OH is 2. The van der Waals surface area contributed by atoms with E-state index in [4.69, 9.17) is 5.73 Å². The summed E-state index contributed by atoms with van der Waals surface area (Å²) in [5.41, 5.74) is 4.06. The largest absolute Gasteiger partial charge is 0.510 e. The van der Waals surface area contributed by atoms with Gasteiger partial charge in [-0.15, -0.1) is 0 Å². The monoisotopic (exact) mass is 504 g/mol. The Morgan fingerprint density at radius 2 is 1.70 bits per heavy atom. The smallest absolute Gasteiger partial charge is 0.255 e. The molecule has 9 nitrogen and oxygen atoms in total. The molecule has 0 aromatic heterocycles. The Labute approximate surface area is 213 Å². The molecule has 0 fully saturated rings. The van der Waals surface area contributed by atoms with E-state index in [0.29, 0.717) is 5.56 Å². The van der Waals surface area contributed by atoms with E-state index in [1.807, 2.05) is 31.2 Å². The molecule has 0 saturated carbocycles. The summed E-state index contributed by atoms with van der Waals surface area (Å²) in [5.74, 6) is -7.29. The Bertz CT molecular complexity index is 1420. The highest BCUT2D eigenvalue weighted by atomic mass is 16.3. The van der Waals surface area contributed by atoms with Crippen LogP contribution in [-0.4, -0.2) is 68.5 Å². The average Bonchev–Trinajstić information content (AvgIpc) is 2.82. The molecule has 192 valence electrons. The van der Waals surface area contributed by atoms with E-state index < -0.39 is 64.0 Å². The van der Waals surface area contributed by atoms with Crippen LogP contribution in [0.25, 0.3) is 0 Å². The second-order valence-corrected chi connectivity index (χ2v) is 10.3. The molecule has 0 radical (unpaired) electrons. The van der Waals surface area contributed by atoms with Crippen molar-refractivity contribution < 1.29 is 34.8 Å². The van der Waals surface area contributed by atoms with E-state index in [1.54, 1.807) is 26.2 Å². The summed E-state index contributed by atoms with van der Waals surface area (Å²) in [6, 6.07) is 11.3. The number of hydrogen-bond donors (Lipinski definition) is 5. The highest BCUT2D eigenvalue weighted by Gasteiger charge is 2.64. The molecule has 0 saturated heterocycles. The molecule has 5 rings (SSSR count). The number of ketones is 2. The van der Waals surface area contributed by atoms with E-state index in [0.717, 1.165) is 11.1 Å². The first kappa shape index (κ1) is 24.7. The Hall–Kier alpha value is -3.95. The minimum atomic E-state index is -2.67. The molecule has 9 heteroatoms. The van der Waals surface area contributed by atoms with Gasteiger partial charge in [0.05, 0.1) is 11.6 Å². The van der Waals surface area contributed by atoms with Crippen molar-refractivity contribution in [2.45, 2.75) is 30.9 Å². The second-order valence-electron chi connectivity index (χ2n) is 10.3. The number of aliphatic hydroxyl groups is 3. The predicted octanol–water partition coefficient (Wildman–Crippen LogP) is 2.02. The van der Waals surface area contributed by atoms with Crippen molar-refractivity contribution in [3.63, 3.8) is 0 Å². The fraction of sp³-hybridized carbons (Fsp3) is 0.321. The van der Waals surface area contributed by atoms with Crippen molar-refractivity contribution in [1.82, 2.24) is 4.90 Å². The van der Waals surface area contributed by atoms with Gasteiger partial charge in [-0.25, -0.2) is 0 Å². The fourth-order valence-electron chi connectivity index (χ4n) is 6.42. The van der Waals surface area contributed by atoms with Crippen molar-refractivity contribution >= 4 is 17.5 Å². The number of phenols is 1. The third-order valence-electron chi connectivity index (χ3n) is 8.05. The van der Waals surface area contributed by atoms with Crippen molar-refractivity contribution in [2.24, 2.45) is 17.6 Å². The molecular weight excluding hydrogens is 476 g/mol. The molecule has 0 aliphatic heterocycles. The number of rotatable bonds is 3. The van der Waals surface area contributed by atoms with Crippen LogP contribution in [0.1, 0.15) is 39.4 Å². The van der Waals surface area contributed by atoms with Crippen molar-refractivity contribution in [3.05, 3.63) is 87.4 Å². The number of allylic oxidation sites excluding steroid dienone is 1. The summed E-state index contributed by atoms with van der Waals surface area (Å²) in [4.78, 5) is 40.9. The van der Waals surface area contributed by atoms with E-state index in [9.17, 15) is 34.8 Å². The number of likely N-dealkylation sites (N-methyl/N-ethyl adjacent to an activating group) is 1. The number of carbonyl (C=O) groups is 3. The molecule has 2 aromatic carbocycles. The van der Waals surface area contributed by atoms with Crippen LogP contribution in [0.15, 0.2) is 65.1 Å². The zero-order valence-corrected chi connectivity index (χ0v) is 20.6. The fourth-order valence-corrected chi connectivity index (χ4v) is 6.42. The van der Waals surface area contributed by atoms with Crippen LogP contribution in [0.4, 0.5) is 0 Å². The Balaban J connectivity index is 1.82. The number of nitrogens with two attached hydrogens (primary N) is 1. The highest BCUT2D eigenvalue weighted by Crippen LogP contribution is 2.56. The van der Waals surface area contributed by atoms with Gasteiger partial charge in [-0.05, 0) is 44.6 Å². The Kier molecular flexibility index (Phi) is 5.54. The van der Waals surface area contributed by atoms with Crippen LogP contribution < -0.4 is 5.73 Å². The van der Waals surface area contributed by atoms with E-state index in [-0.39, 0.29) is 23.3 Å². The number of primary amides is 1. The number of Topliss-reactive ketones (excluding diaryl/α,β-unsaturated/α-hetero) is 2. The number of fused-ring (bicyclic) bond motifs is 3. The Morgan fingerprint density at radius 1 is 1.05 bits per heavy atom. The molecule has 5 atom stereocenters. The first-order chi connectivity index (χ1) is 17.4. The first-order valence-corrected chi connectivity index (χ1v) is 11.9. The van der Waals surface area contributed by atoms with Crippen LogP contribution in [0.2, 0.25) is 0 Å². The number of hydrogen-bond acceptors (Lipinski definition) is 8. The lowest BCUT2D eigenvalue weighted by Gasteiger charge is -2.51. The zero-order valence-electron chi connectivity index (χ0n) is 20.6. The van der Waals surface area contributed by atoms with E-state index in [2.05, 4.69) is 0 Å². The van der Waals surface area contributed by atoms with Gasteiger partial charge in [0, 0.05) is 23.3 Å². The maximum absolute atomic E-state index is 13.8. The lowest BCUT2D eigenvalue weighted by molar-refractivity contribution is -0.148. The van der Waals surface area contributed by atoms with E-state index >= 15 is 0 Å². The molecule has 6 N–H and O–H groups in total. The quantitative estimate of drug-likeness (QED) is 0.397. The molecule has 3 aliphatic rings. The van der Waals surface area contributed by atoms with Gasteiger partial charge in [0.1, 0.15) is 22.8 Å². The molecule has 37 heavy (non-hydrogen) atoms. The van der Waals surface area contributed by atoms with Crippen molar-refractivity contribution in [3.8, 4) is 5.75 Å². The topological polar surface area (TPSA) is 161 Å². The third-order valence-corrected chi connectivity index (χ3v) is 8.05. The zero-order chi connectivity index (χ0) is 27.0. The minimum absolute atomic E-state index is 0.0139. The van der Waals surface area contributed by atoms with Crippen LogP contribution in [0.3, 0.4) is 0 Å². The molecule has 2 aromatic rings. The lowest BCUT2D eigenvalue weighted by atomic mass is 9.55. The Morgan fingerprint density at radius 3 is 2.30 bits per heavy atom. The van der Waals surface area contributed by atoms with Crippen LogP contribution in [0, 0.1) is 18.8 Å². The van der Waals surface area contributed by atoms with Crippen molar-refractivity contribution in [2.75, 3.05) is 14.1 Å². The maximum atomic E-state index is 13.8. The normalized spacial score (nSPS) is 29.2. The number of benzene rings is 2. The van der Waals surface area contributed by atoms with Crippen LogP contribution >= 0.6 is 0 Å².